The van der Waals surface area contributed by atoms with Crippen LogP contribution >= 0.6 is 0 Å². The highest BCUT2D eigenvalue weighted by molar-refractivity contribution is 5.85. The number of carboxylic acids is 2. The minimum Gasteiger partial charge on any atom is -0.493 e. The van der Waals surface area contributed by atoms with Crippen LogP contribution in [0.15, 0.2) is 24.3 Å². The molecular formula is C12H12O6. The number of hydrogen-bond donors (Lipinski definition) is 2. The monoisotopic (exact) mass is 252 g/mol. The van der Waals surface area contributed by atoms with Gasteiger partial charge in [-0.2, -0.15) is 0 Å². The number of ether oxygens (including phenoxy) is 2. The van der Waals surface area contributed by atoms with Crippen LogP contribution in [0.25, 0.3) is 6.08 Å². The molecule has 0 aliphatic heterocycles. The summed E-state index contributed by atoms with van der Waals surface area (Å²) >= 11 is 0. The van der Waals surface area contributed by atoms with Gasteiger partial charge in [0.1, 0.15) is 0 Å². The molecule has 0 aliphatic rings. The fourth-order valence-corrected chi connectivity index (χ4v) is 1.22. The van der Waals surface area contributed by atoms with Gasteiger partial charge in [0, 0.05) is 6.08 Å². The summed E-state index contributed by atoms with van der Waals surface area (Å²) in [6, 6.07) is 4.70. The lowest BCUT2D eigenvalue weighted by atomic mass is 10.2. The second-order valence-corrected chi connectivity index (χ2v) is 3.26. The molecule has 1 rings (SSSR count). The molecule has 18 heavy (non-hydrogen) atoms. The van der Waals surface area contributed by atoms with Crippen molar-refractivity contribution in [3.63, 3.8) is 0 Å². The molecule has 1 aromatic rings. The van der Waals surface area contributed by atoms with Gasteiger partial charge < -0.3 is 19.7 Å². The summed E-state index contributed by atoms with van der Waals surface area (Å²) in [5.74, 6) is -1.56. The summed E-state index contributed by atoms with van der Waals surface area (Å²) in [6.07, 6.45) is 2.35. The summed E-state index contributed by atoms with van der Waals surface area (Å²) in [7, 11) is 1.43. The Kier molecular flexibility index (Phi) is 4.74. The summed E-state index contributed by atoms with van der Waals surface area (Å²) < 4.78 is 10.0. The first-order valence-corrected chi connectivity index (χ1v) is 4.96. The summed E-state index contributed by atoms with van der Waals surface area (Å²) in [4.78, 5) is 20.8. The fraction of sp³-hybridized carbons (Fsp3) is 0.167. The Morgan fingerprint density at radius 3 is 2.56 bits per heavy atom. The molecule has 0 saturated carbocycles. The van der Waals surface area contributed by atoms with Crippen molar-refractivity contribution in [1.82, 2.24) is 0 Å². The molecule has 2 N–H and O–H groups in total. The molecule has 1 aromatic carbocycles. The van der Waals surface area contributed by atoms with E-state index in [0.717, 1.165) is 6.08 Å². The Morgan fingerprint density at radius 2 is 2.00 bits per heavy atom. The van der Waals surface area contributed by atoms with Crippen molar-refractivity contribution in [3.05, 3.63) is 29.8 Å². The van der Waals surface area contributed by atoms with Crippen LogP contribution in [0.5, 0.6) is 11.5 Å². The third kappa shape index (κ3) is 4.17. The van der Waals surface area contributed by atoms with E-state index in [2.05, 4.69) is 0 Å². The predicted molar refractivity (Wildman–Crippen MR) is 62.8 cm³/mol. The molecule has 0 aromatic heterocycles. The zero-order chi connectivity index (χ0) is 13.5. The van der Waals surface area contributed by atoms with Crippen molar-refractivity contribution in [3.8, 4) is 11.5 Å². The predicted octanol–water partition coefficient (Wildman–Crippen LogP) is 1.26. The van der Waals surface area contributed by atoms with Crippen LogP contribution in [0.2, 0.25) is 0 Å². The zero-order valence-corrected chi connectivity index (χ0v) is 9.62. The molecule has 0 aliphatic carbocycles. The number of methoxy groups -OCH3 is 1. The smallest absolute Gasteiger partial charge is 0.341 e. The van der Waals surface area contributed by atoms with E-state index in [1.807, 2.05) is 0 Å². The van der Waals surface area contributed by atoms with Crippen LogP contribution in [-0.4, -0.2) is 35.9 Å². The number of aliphatic carboxylic acids is 2. The largest absolute Gasteiger partial charge is 0.493 e. The van der Waals surface area contributed by atoms with Gasteiger partial charge in [-0.05, 0) is 23.8 Å². The molecule has 0 fully saturated rings. The molecule has 0 saturated heterocycles. The van der Waals surface area contributed by atoms with E-state index in [4.69, 9.17) is 19.7 Å². The minimum atomic E-state index is -1.11. The first-order valence-electron chi connectivity index (χ1n) is 4.96. The molecule has 0 radical (unpaired) electrons. The second-order valence-electron chi connectivity index (χ2n) is 3.26. The van der Waals surface area contributed by atoms with Crippen molar-refractivity contribution >= 4 is 18.0 Å². The number of benzene rings is 1. The van der Waals surface area contributed by atoms with Gasteiger partial charge in [0.05, 0.1) is 7.11 Å². The highest BCUT2D eigenvalue weighted by Gasteiger charge is 2.07. The highest BCUT2D eigenvalue weighted by atomic mass is 16.5. The first kappa shape index (κ1) is 13.6. The quantitative estimate of drug-likeness (QED) is 0.740. The lowest BCUT2D eigenvalue weighted by Gasteiger charge is -2.09. The van der Waals surface area contributed by atoms with Gasteiger partial charge in [-0.15, -0.1) is 0 Å². The van der Waals surface area contributed by atoms with Crippen LogP contribution in [0.3, 0.4) is 0 Å². The molecule has 6 nitrogen and oxygen atoms in total. The second kappa shape index (κ2) is 6.29. The molecule has 0 bridgehead atoms. The number of rotatable bonds is 6. The van der Waals surface area contributed by atoms with Gasteiger partial charge in [-0.3, -0.25) is 0 Å². The van der Waals surface area contributed by atoms with Crippen LogP contribution in [0, 0.1) is 0 Å². The van der Waals surface area contributed by atoms with E-state index in [1.54, 1.807) is 12.1 Å². The summed E-state index contributed by atoms with van der Waals surface area (Å²) in [5.41, 5.74) is 0.568. The van der Waals surface area contributed by atoms with E-state index in [1.165, 1.54) is 19.3 Å². The van der Waals surface area contributed by atoms with Gasteiger partial charge in [0.2, 0.25) is 0 Å². The first-order chi connectivity index (χ1) is 8.52. The Morgan fingerprint density at radius 1 is 1.28 bits per heavy atom. The third-order valence-corrected chi connectivity index (χ3v) is 1.96. The lowest BCUT2D eigenvalue weighted by molar-refractivity contribution is -0.139. The van der Waals surface area contributed by atoms with E-state index in [0.29, 0.717) is 11.3 Å². The molecule has 0 heterocycles. The zero-order valence-electron chi connectivity index (χ0n) is 9.62. The highest BCUT2D eigenvalue weighted by Crippen LogP contribution is 2.28. The van der Waals surface area contributed by atoms with E-state index in [9.17, 15) is 9.59 Å². The van der Waals surface area contributed by atoms with Gasteiger partial charge >= 0.3 is 11.9 Å². The molecule has 0 unspecified atom stereocenters. The van der Waals surface area contributed by atoms with Crippen molar-refractivity contribution < 1.29 is 29.3 Å². The summed E-state index contributed by atoms with van der Waals surface area (Å²) in [6.45, 7) is -0.498. The van der Waals surface area contributed by atoms with Crippen LogP contribution in [0.1, 0.15) is 5.56 Å². The van der Waals surface area contributed by atoms with Crippen molar-refractivity contribution in [2.45, 2.75) is 0 Å². The standard InChI is InChI=1S/C12H12O6/c1-17-9-4-2-8(3-5-11(13)14)6-10(9)18-7-12(15)16/h2-6H,7H2,1H3,(H,13,14)(H,15,16). The Balaban J connectivity index is 2.93. The molecule has 0 spiro atoms. The minimum absolute atomic E-state index is 0.243. The number of carboxylic acid groups (broad SMARTS) is 2. The maximum atomic E-state index is 10.4. The number of hydrogen-bond acceptors (Lipinski definition) is 4. The molecular weight excluding hydrogens is 240 g/mol. The molecule has 0 atom stereocenters. The van der Waals surface area contributed by atoms with Gasteiger partial charge in [0.15, 0.2) is 18.1 Å². The Hall–Kier alpha value is -2.50. The average molecular weight is 252 g/mol. The maximum Gasteiger partial charge on any atom is 0.341 e. The Labute approximate surface area is 103 Å². The molecule has 0 amide bonds. The normalized spacial score (nSPS) is 10.3. The maximum absolute atomic E-state index is 10.4. The van der Waals surface area contributed by atoms with Gasteiger partial charge in [-0.1, -0.05) is 6.07 Å². The summed E-state index contributed by atoms with van der Waals surface area (Å²) in [5, 5.41) is 17.0. The van der Waals surface area contributed by atoms with Gasteiger partial charge in [0.25, 0.3) is 0 Å². The lowest BCUT2D eigenvalue weighted by Crippen LogP contribution is -2.10. The van der Waals surface area contributed by atoms with Crippen LogP contribution < -0.4 is 9.47 Å². The van der Waals surface area contributed by atoms with Crippen molar-refractivity contribution in [2.24, 2.45) is 0 Å². The topological polar surface area (TPSA) is 93.1 Å². The van der Waals surface area contributed by atoms with Crippen LogP contribution in [-0.2, 0) is 9.59 Å². The SMILES string of the molecule is COc1ccc(C=CC(=O)O)cc1OCC(=O)O. The average Bonchev–Trinajstić information content (AvgIpc) is 2.33. The molecule has 96 valence electrons. The number of carbonyl (C=O) groups is 2. The van der Waals surface area contributed by atoms with Crippen molar-refractivity contribution in [1.29, 1.82) is 0 Å². The van der Waals surface area contributed by atoms with E-state index >= 15 is 0 Å². The van der Waals surface area contributed by atoms with Crippen molar-refractivity contribution in [2.75, 3.05) is 13.7 Å². The third-order valence-electron chi connectivity index (χ3n) is 1.96. The van der Waals surface area contributed by atoms with Crippen LogP contribution in [0.4, 0.5) is 0 Å². The fourth-order valence-electron chi connectivity index (χ4n) is 1.22. The van der Waals surface area contributed by atoms with E-state index in [-0.39, 0.29) is 5.75 Å². The van der Waals surface area contributed by atoms with E-state index < -0.39 is 18.5 Å². The molecule has 6 heteroatoms. The van der Waals surface area contributed by atoms with Gasteiger partial charge in [-0.25, -0.2) is 9.59 Å². The Bertz CT molecular complexity index is 477.